The van der Waals surface area contributed by atoms with E-state index >= 15 is 0 Å². The van der Waals surface area contributed by atoms with Crippen molar-refractivity contribution in [2.24, 2.45) is 0 Å². The Kier molecular flexibility index (Phi) is 5.76. The van der Waals surface area contributed by atoms with E-state index in [1.807, 2.05) is 10.7 Å². The summed E-state index contributed by atoms with van der Waals surface area (Å²) in [4.78, 5) is 4.37. The predicted molar refractivity (Wildman–Crippen MR) is 86.5 cm³/mol. The Morgan fingerprint density at radius 2 is 2.19 bits per heavy atom. The van der Waals surface area contributed by atoms with Gasteiger partial charge in [-0.05, 0) is 47.1 Å². The molecule has 1 heterocycles. The molecule has 1 aromatic carbocycles. The lowest BCUT2D eigenvalue weighted by atomic mass is 10.0. The lowest BCUT2D eigenvalue weighted by molar-refractivity contribution is 0.411. The molecule has 5 nitrogen and oxygen atoms in total. The van der Waals surface area contributed by atoms with E-state index < -0.39 is 0 Å². The van der Waals surface area contributed by atoms with E-state index in [1.54, 1.807) is 13.4 Å². The summed E-state index contributed by atoms with van der Waals surface area (Å²) in [5.74, 6) is 1.83. The Bertz CT molecular complexity index is 585. The maximum atomic E-state index is 5.29. The Labute approximate surface area is 133 Å². The second kappa shape index (κ2) is 7.56. The fraction of sp³-hybridized carbons (Fsp3) is 0.467. The maximum absolute atomic E-state index is 5.29. The van der Waals surface area contributed by atoms with Crippen LogP contribution in [-0.4, -0.2) is 28.4 Å². The van der Waals surface area contributed by atoms with E-state index in [9.17, 15) is 0 Å². The Balaban J connectivity index is 2.24. The molecule has 1 atom stereocenters. The van der Waals surface area contributed by atoms with Crippen LogP contribution in [0.3, 0.4) is 0 Å². The highest BCUT2D eigenvalue weighted by atomic mass is 79.9. The molecule has 114 valence electrons. The summed E-state index contributed by atoms with van der Waals surface area (Å²) in [5.41, 5.74) is 1.20. The molecule has 1 N–H and O–H groups in total. The molecule has 0 saturated heterocycles. The van der Waals surface area contributed by atoms with Crippen LogP contribution in [0.1, 0.15) is 31.3 Å². The number of aryl methyl sites for hydroxylation is 1. The lowest BCUT2D eigenvalue weighted by Gasteiger charge is -2.19. The summed E-state index contributed by atoms with van der Waals surface area (Å²) >= 11 is 3.55. The second-order valence-corrected chi connectivity index (χ2v) is 5.55. The normalized spacial score (nSPS) is 12.4. The zero-order valence-corrected chi connectivity index (χ0v) is 14.2. The van der Waals surface area contributed by atoms with E-state index in [4.69, 9.17) is 4.74 Å². The van der Waals surface area contributed by atoms with Crippen LogP contribution in [0.5, 0.6) is 5.75 Å². The van der Waals surface area contributed by atoms with Gasteiger partial charge in [-0.2, -0.15) is 5.10 Å². The molecular weight excluding hydrogens is 332 g/mol. The van der Waals surface area contributed by atoms with Crippen molar-refractivity contribution >= 4 is 15.9 Å². The second-order valence-electron chi connectivity index (χ2n) is 4.70. The first-order valence-corrected chi connectivity index (χ1v) is 7.92. The number of benzene rings is 1. The van der Waals surface area contributed by atoms with Crippen molar-refractivity contribution in [1.29, 1.82) is 0 Å². The molecule has 6 heteroatoms. The molecule has 1 aromatic heterocycles. The van der Waals surface area contributed by atoms with Crippen LogP contribution < -0.4 is 10.1 Å². The highest BCUT2D eigenvalue weighted by Crippen LogP contribution is 2.29. The molecule has 21 heavy (non-hydrogen) atoms. The smallest absolute Gasteiger partial charge is 0.138 e. The fourth-order valence-corrected chi connectivity index (χ4v) is 2.90. The third-order valence-electron chi connectivity index (χ3n) is 3.41. The number of hydrogen-bond acceptors (Lipinski definition) is 4. The van der Waals surface area contributed by atoms with Gasteiger partial charge in [-0.25, -0.2) is 4.98 Å². The van der Waals surface area contributed by atoms with Gasteiger partial charge in [0.2, 0.25) is 0 Å². The van der Waals surface area contributed by atoms with Crippen LogP contribution in [0.2, 0.25) is 0 Å². The molecule has 0 aliphatic carbocycles. The largest absolute Gasteiger partial charge is 0.496 e. The molecule has 0 aliphatic rings. The van der Waals surface area contributed by atoms with E-state index in [-0.39, 0.29) is 6.04 Å². The number of nitrogens with zero attached hydrogens (tertiary/aromatic N) is 3. The minimum absolute atomic E-state index is 0.201. The van der Waals surface area contributed by atoms with E-state index in [1.165, 1.54) is 5.56 Å². The highest BCUT2D eigenvalue weighted by Gasteiger charge is 2.16. The molecule has 0 saturated carbocycles. The quantitative estimate of drug-likeness (QED) is 0.832. The number of hydrogen-bond donors (Lipinski definition) is 1. The Morgan fingerprint density at radius 1 is 1.38 bits per heavy atom. The van der Waals surface area contributed by atoms with E-state index in [0.717, 1.165) is 35.6 Å². The first-order chi connectivity index (χ1) is 10.2. The van der Waals surface area contributed by atoms with Crippen LogP contribution in [0.25, 0.3) is 0 Å². The van der Waals surface area contributed by atoms with Crippen molar-refractivity contribution in [2.75, 3.05) is 13.7 Å². The van der Waals surface area contributed by atoms with Gasteiger partial charge in [0.05, 0.1) is 11.6 Å². The summed E-state index contributed by atoms with van der Waals surface area (Å²) < 4.78 is 8.18. The molecule has 2 rings (SSSR count). The van der Waals surface area contributed by atoms with E-state index in [0.29, 0.717) is 0 Å². The van der Waals surface area contributed by atoms with Gasteiger partial charge < -0.3 is 10.1 Å². The van der Waals surface area contributed by atoms with Crippen molar-refractivity contribution in [2.45, 2.75) is 32.9 Å². The SMILES string of the molecule is CCNC(Cc1ncnn1CC)c1ccc(OC)c(Br)c1. The van der Waals surface area contributed by atoms with Gasteiger partial charge >= 0.3 is 0 Å². The number of ether oxygens (including phenoxy) is 1. The summed E-state index contributed by atoms with van der Waals surface area (Å²) in [6, 6.07) is 6.36. The standard InChI is InChI=1S/C15H21BrN4O/c1-4-17-13(9-15-18-10-19-20(15)5-2)11-6-7-14(21-3)12(16)8-11/h6-8,10,13,17H,4-5,9H2,1-3H3. The van der Waals surface area contributed by atoms with Crippen LogP contribution in [0, 0.1) is 0 Å². The number of rotatable bonds is 7. The summed E-state index contributed by atoms with van der Waals surface area (Å²) in [6.07, 6.45) is 2.42. The highest BCUT2D eigenvalue weighted by molar-refractivity contribution is 9.10. The summed E-state index contributed by atoms with van der Waals surface area (Å²) in [6.45, 7) is 5.91. The first-order valence-electron chi connectivity index (χ1n) is 7.13. The topological polar surface area (TPSA) is 52.0 Å². The number of methoxy groups -OCH3 is 1. The molecule has 0 radical (unpaired) electrons. The fourth-order valence-electron chi connectivity index (χ4n) is 2.35. The van der Waals surface area contributed by atoms with Gasteiger partial charge in [0.15, 0.2) is 0 Å². The predicted octanol–water partition coefficient (Wildman–Crippen LogP) is 2.96. The molecule has 1 unspecified atom stereocenters. The van der Waals surface area contributed by atoms with Crippen molar-refractivity contribution in [1.82, 2.24) is 20.1 Å². The first kappa shape index (κ1) is 16.0. The zero-order valence-electron chi connectivity index (χ0n) is 12.6. The van der Waals surface area contributed by atoms with Gasteiger partial charge in [0.1, 0.15) is 17.9 Å². The molecule has 0 aliphatic heterocycles. The molecule has 0 spiro atoms. The number of likely N-dealkylation sites (N-methyl/N-ethyl adjacent to an activating group) is 1. The van der Waals surface area contributed by atoms with Crippen LogP contribution in [-0.2, 0) is 13.0 Å². The monoisotopic (exact) mass is 352 g/mol. The van der Waals surface area contributed by atoms with Gasteiger partial charge in [-0.3, -0.25) is 4.68 Å². The third kappa shape index (κ3) is 3.83. The minimum Gasteiger partial charge on any atom is -0.496 e. The zero-order chi connectivity index (χ0) is 15.2. The van der Waals surface area contributed by atoms with Crippen molar-refractivity contribution in [3.05, 3.63) is 40.4 Å². The van der Waals surface area contributed by atoms with Crippen molar-refractivity contribution in [3.63, 3.8) is 0 Å². The molecular formula is C15H21BrN4O. The molecule has 0 bridgehead atoms. The number of nitrogens with one attached hydrogen (secondary N) is 1. The lowest BCUT2D eigenvalue weighted by Crippen LogP contribution is -2.24. The van der Waals surface area contributed by atoms with Crippen LogP contribution in [0.4, 0.5) is 0 Å². The number of aromatic nitrogens is 3. The molecule has 0 amide bonds. The molecule has 0 fully saturated rings. The third-order valence-corrected chi connectivity index (χ3v) is 4.03. The van der Waals surface area contributed by atoms with Crippen LogP contribution >= 0.6 is 15.9 Å². The maximum Gasteiger partial charge on any atom is 0.138 e. The summed E-state index contributed by atoms with van der Waals surface area (Å²) in [7, 11) is 1.67. The Hall–Kier alpha value is -1.40. The van der Waals surface area contributed by atoms with Crippen molar-refractivity contribution in [3.8, 4) is 5.75 Å². The van der Waals surface area contributed by atoms with Gasteiger partial charge in [0.25, 0.3) is 0 Å². The van der Waals surface area contributed by atoms with E-state index in [2.05, 4.69) is 57.3 Å². The van der Waals surface area contributed by atoms with Crippen molar-refractivity contribution < 1.29 is 4.74 Å². The molecule has 2 aromatic rings. The van der Waals surface area contributed by atoms with Crippen LogP contribution in [0.15, 0.2) is 29.0 Å². The van der Waals surface area contributed by atoms with Gasteiger partial charge in [-0.1, -0.05) is 13.0 Å². The summed E-state index contributed by atoms with van der Waals surface area (Å²) in [5, 5.41) is 7.75. The number of halogens is 1. The van der Waals surface area contributed by atoms with Gasteiger partial charge in [0, 0.05) is 19.0 Å². The minimum atomic E-state index is 0.201. The average Bonchev–Trinajstić information content (AvgIpc) is 2.94. The Morgan fingerprint density at radius 3 is 2.81 bits per heavy atom. The van der Waals surface area contributed by atoms with Gasteiger partial charge in [-0.15, -0.1) is 0 Å². The average molecular weight is 353 g/mol.